The molecule has 5 heteroatoms. The fraction of sp³-hybridized carbons (Fsp3) is 0.200. The van der Waals surface area contributed by atoms with Crippen molar-refractivity contribution in [1.82, 2.24) is 0 Å². The number of benzene rings is 1. The van der Waals surface area contributed by atoms with Crippen LogP contribution in [0, 0.1) is 0 Å². The third-order valence-electron chi connectivity index (χ3n) is 2.81. The number of methoxy groups -OCH3 is 1. The fourth-order valence-corrected chi connectivity index (χ4v) is 1.52. The third kappa shape index (κ3) is 3.71. The maximum Gasteiger partial charge on any atom is 0.333 e. The summed E-state index contributed by atoms with van der Waals surface area (Å²) < 4.78 is 4.52. The molecule has 3 N–H and O–H groups in total. The zero-order valence-electron chi connectivity index (χ0n) is 11.6. The maximum absolute atomic E-state index is 12.0. The van der Waals surface area contributed by atoms with E-state index in [9.17, 15) is 14.7 Å². The molecule has 0 aliphatic rings. The van der Waals surface area contributed by atoms with Gasteiger partial charge in [-0.25, -0.2) is 4.79 Å². The van der Waals surface area contributed by atoms with Crippen LogP contribution < -0.4 is 5.73 Å². The van der Waals surface area contributed by atoms with E-state index in [1.165, 1.54) is 32.2 Å². The number of carbonyl (C=O) groups excluding carboxylic acids is 2. The van der Waals surface area contributed by atoms with Crippen LogP contribution in [0.5, 0.6) is 5.75 Å². The minimum Gasteiger partial charge on any atom is -0.508 e. The lowest BCUT2D eigenvalue weighted by Crippen LogP contribution is -2.09. The van der Waals surface area contributed by atoms with Gasteiger partial charge in [0.15, 0.2) is 5.78 Å². The van der Waals surface area contributed by atoms with Crippen LogP contribution in [0.1, 0.15) is 19.4 Å². The molecule has 0 aromatic heterocycles. The van der Waals surface area contributed by atoms with Crippen LogP contribution in [0.3, 0.4) is 0 Å². The van der Waals surface area contributed by atoms with Crippen molar-refractivity contribution >= 4 is 17.4 Å². The van der Waals surface area contributed by atoms with Crippen LogP contribution in [0.25, 0.3) is 5.70 Å². The van der Waals surface area contributed by atoms with E-state index in [1.54, 1.807) is 19.1 Å². The molecule has 0 aliphatic heterocycles. The first-order valence-electron chi connectivity index (χ1n) is 5.93. The molecule has 1 aromatic carbocycles. The van der Waals surface area contributed by atoms with Crippen molar-refractivity contribution in [2.45, 2.75) is 13.8 Å². The molecule has 20 heavy (non-hydrogen) atoms. The Morgan fingerprint density at radius 3 is 2.25 bits per heavy atom. The molecule has 0 aliphatic carbocycles. The molecule has 0 atom stereocenters. The molecule has 0 fully saturated rings. The molecule has 0 heterocycles. The number of hydrogen-bond donors (Lipinski definition) is 2. The number of carbonyl (C=O) groups is 2. The van der Waals surface area contributed by atoms with E-state index in [4.69, 9.17) is 5.73 Å². The summed E-state index contributed by atoms with van der Waals surface area (Å²) in [5, 5.41) is 9.21. The number of ketones is 1. The number of nitrogens with two attached hydrogens (primary N) is 1. The number of phenolic OH excluding ortho intramolecular Hbond substituents is 1. The van der Waals surface area contributed by atoms with Gasteiger partial charge < -0.3 is 15.6 Å². The summed E-state index contributed by atoms with van der Waals surface area (Å²) in [5.74, 6) is -0.806. The lowest BCUT2D eigenvalue weighted by Gasteiger charge is -2.06. The zero-order chi connectivity index (χ0) is 15.3. The normalized spacial score (nSPS) is 12.7. The van der Waals surface area contributed by atoms with Gasteiger partial charge in [0, 0.05) is 16.8 Å². The Labute approximate surface area is 117 Å². The number of esters is 1. The van der Waals surface area contributed by atoms with E-state index in [-0.39, 0.29) is 17.1 Å². The average Bonchev–Trinajstić information content (AvgIpc) is 2.45. The first kappa shape index (κ1) is 15.5. The lowest BCUT2D eigenvalue weighted by atomic mass is 10.0. The van der Waals surface area contributed by atoms with Crippen molar-refractivity contribution in [2.75, 3.05) is 7.11 Å². The predicted molar refractivity (Wildman–Crippen MR) is 75.7 cm³/mol. The SMILES string of the molecule is COC(=O)/C(C)=C/C(=O)/C(C)=C(\N)c1ccc(O)cc1. The zero-order valence-corrected chi connectivity index (χ0v) is 11.6. The standard InChI is InChI=1S/C15H17NO4/c1-9(15(19)20-3)8-13(18)10(2)14(16)11-4-6-12(17)7-5-11/h4-8,17H,16H2,1-3H3/b9-8+,14-10-. The molecule has 106 valence electrons. The molecule has 0 radical (unpaired) electrons. The van der Waals surface area contributed by atoms with Crippen LogP contribution >= 0.6 is 0 Å². The third-order valence-corrected chi connectivity index (χ3v) is 2.81. The van der Waals surface area contributed by atoms with Gasteiger partial charge in [-0.2, -0.15) is 0 Å². The molecule has 0 unspecified atom stereocenters. The Morgan fingerprint density at radius 2 is 1.75 bits per heavy atom. The molecule has 0 bridgehead atoms. The van der Waals surface area contributed by atoms with Gasteiger partial charge in [0.05, 0.1) is 7.11 Å². The highest BCUT2D eigenvalue weighted by Crippen LogP contribution is 2.18. The van der Waals surface area contributed by atoms with Gasteiger partial charge >= 0.3 is 5.97 Å². The smallest absolute Gasteiger partial charge is 0.333 e. The van der Waals surface area contributed by atoms with E-state index in [0.717, 1.165) is 0 Å². The fourth-order valence-electron chi connectivity index (χ4n) is 1.52. The van der Waals surface area contributed by atoms with Crippen molar-refractivity contribution in [3.8, 4) is 5.75 Å². The molecule has 1 aromatic rings. The summed E-state index contributed by atoms with van der Waals surface area (Å²) in [6, 6.07) is 6.18. The number of ether oxygens (including phenoxy) is 1. The molecule has 5 nitrogen and oxygen atoms in total. The summed E-state index contributed by atoms with van der Waals surface area (Å²) in [6.07, 6.45) is 1.19. The Hall–Kier alpha value is -2.56. The average molecular weight is 275 g/mol. The van der Waals surface area contributed by atoms with E-state index in [1.807, 2.05) is 0 Å². The summed E-state index contributed by atoms with van der Waals surface area (Å²) >= 11 is 0. The van der Waals surface area contributed by atoms with Crippen molar-refractivity contribution in [3.63, 3.8) is 0 Å². The van der Waals surface area contributed by atoms with Crippen LogP contribution in [0.15, 0.2) is 41.5 Å². The predicted octanol–water partition coefficient (Wildman–Crippen LogP) is 1.77. The van der Waals surface area contributed by atoms with E-state index < -0.39 is 5.97 Å². The van der Waals surface area contributed by atoms with Crippen molar-refractivity contribution in [1.29, 1.82) is 0 Å². The van der Waals surface area contributed by atoms with Gasteiger partial charge in [0.25, 0.3) is 0 Å². The van der Waals surface area contributed by atoms with Crippen molar-refractivity contribution < 1.29 is 19.4 Å². The maximum atomic E-state index is 12.0. The highest BCUT2D eigenvalue weighted by Gasteiger charge is 2.11. The molecule has 1 rings (SSSR count). The highest BCUT2D eigenvalue weighted by molar-refractivity contribution is 6.11. The molecule has 0 saturated carbocycles. The van der Waals surface area contributed by atoms with Crippen LogP contribution in [-0.2, 0) is 14.3 Å². The first-order valence-corrected chi connectivity index (χ1v) is 5.93. The van der Waals surface area contributed by atoms with Crippen LogP contribution in [-0.4, -0.2) is 24.0 Å². The van der Waals surface area contributed by atoms with Crippen molar-refractivity contribution in [2.24, 2.45) is 5.73 Å². The quantitative estimate of drug-likeness (QED) is 0.645. The number of aromatic hydroxyl groups is 1. The van der Waals surface area contributed by atoms with Gasteiger partial charge in [-0.15, -0.1) is 0 Å². The van der Waals surface area contributed by atoms with E-state index in [0.29, 0.717) is 16.8 Å². The molecule has 0 amide bonds. The summed E-state index contributed by atoms with van der Waals surface area (Å²) in [4.78, 5) is 23.2. The second kappa shape index (κ2) is 6.56. The van der Waals surface area contributed by atoms with Crippen LogP contribution in [0.4, 0.5) is 0 Å². The Balaban J connectivity index is 3.05. The van der Waals surface area contributed by atoms with Gasteiger partial charge in [-0.3, -0.25) is 4.79 Å². The molecular weight excluding hydrogens is 258 g/mol. The second-order valence-corrected chi connectivity index (χ2v) is 4.27. The number of hydrogen-bond acceptors (Lipinski definition) is 5. The largest absolute Gasteiger partial charge is 0.508 e. The number of phenols is 1. The van der Waals surface area contributed by atoms with Gasteiger partial charge in [0.2, 0.25) is 0 Å². The van der Waals surface area contributed by atoms with E-state index in [2.05, 4.69) is 4.74 Å². The highest BCUT2D eigenvalue weighted by atomic mass is 16.5. The molecule has 0 saturated heterocycles. The molecule has 0 spiro atoms. The summed E-state index contributed by atoms with van der Waals surface area (Å²) in [5.41, 5.74) is 7.35. The van der Waals surface area contributed by atoms with Gasteiger partial charge in [-0.1, -0.05) is 0 Å². The lowest BCUT2D eigenvalue weighted by molar-refractivity contribution is -0.136. The minimum atomic E-state index is -0.561. The minimum absolute atomic E-state index is 0.118. The molecular formula is C15H17NO4. The summed E-state index contributed by atoms with van der Waals surface area (Å²) in [7, 11) is 1.25. The van der Waals surface area contributed by atoms with E-state index >= 15 is 0 Å². The second-order valence-electron chi connectivity index (χ2n) is 4.27. The van der Waals surface area contributed by atoms with Crippen molar-refractivity contribution in [3.05, 3.63) is 47.1 Å². The Morgan fingerprint density at radius 1 is 1.20 bits per heavy atom. The van der Waals surface area contributed by atoms with Gasteiger partial charge in [0.1, 0.15) is 5.75 Å². The Bertz CT molecular complexity index is 582. The first-order chi connectivity index (χ1) is 9.36. The van der Waals surface area contributed by atoms with Gasteiger partial charge in [-0.05, 0) is 49.8 Å². The Kier molecular flexibility index (Phi) is 5.08. The summed E-state index contributed by atoms with van der Waals surface area (Å²) in [6.45, 7) is 3.07. The van der Waals surface area contributed by atoms with Crippen LogP contribution in [0.2, 0.25) is 0 Å². The number of rotatable bonds is 4. The monoisotopic (exact) mass is 275 g/mol. The topological polar surface area (TPSA) is 89.6 Å². The number of allylic oxidation sites excluding steroid dienone is 2.